The Morgan fingerprint density at radius 1 is 1.15 bits per heavy atom. The summed E-state index contributed by atoms with van der Waals surface area (Å²) in [7, 11) is 0. The van der Waals surface area contributed by atoms with Gasteiger partial charge in [-0.3, -0.25) is 4.79 Å². The zero-order valence-electron chi connectivity index (χ0n) is 15.8. The van der Waals surface area contributed by atoms with Crippen molar-refractivity contribution in [2.24, 2.45) is 11.3 Å². The largest absolute Gasteiger partial charge is 0.381 e. The second-order valence-electron chi connectivity index (χ2n) is 8.56. The van der Waals surface area contributed by atoms with Crippen LogP contribution in [0.5, 0.6) is 0 Å². The quantitative estimate of drug-likeness (QED) is 0.789. The van der Waals surface area contributed by atoms with E-state index in [9.17, 15) is 13.6 Å². The van der Waals surface area contributed by atoms with Crippen LogP contribution in [-0.2, 0) is 16.1 Å². The van der Waals surface area contributed by atoms with Crippen molar-refractivity contribution in [1.82, 2.24) is 9.80 Å². The molecule has 6 heteroatoms. The molecule has 0 aromatic heterocycles. The number of benzene rings is 1. The molecule has 148 valence electrons. The summed E-state index contributed by atoms with van der Waals surface area (Å²) in [6.45, 7) is 5.98. The van der Waals surface area contributed by atoms with Crippen molar-refractivity contribution in [3.8, 4) is 0 Å². The highest BCUT2D eigenvalue weighted by molar-refractivity contribution is 5.79. The van der Waals surface area contributed by atoms with E-state index in [0.717, 1.165) is 51.8 Å². The first-order valence-corrected chi connectivity index (χ1v) is 10.0. The van der Waals surface area contributed by atoms with Crippen LogP contribution in [0.3, 0.4) is 0 Å². The van der Waals surface area contributed by atoms with E-state index in [1.54, 1.807) is 4.90 Å². The van der Waals surface area contributed by atoms with Gasteiger partial charge in [0, 0.05) is 38.8 Å². The number of nitrogens with zero attached hydrogens (tertiary/aromatic N) is 2. The molecule has 1 spiro atoms. The van der Waals surface area contributed by atoms with E-state index in [1.165, 1.54) is 25.0 Å². The smallest absolute Gasteiger partial charge is 0.223 e. The van der Waals surface area contributed by atoms with Crippen molar-refractivity contribution >= 4 is 5.91 Å². The normalized spacial score (nSPS) is 25.6. The summed E-state index contributed by atoms with van der Waals surface area (Å²) in [5, 5.41) is 0. The molecule has 3 aliphatic heterocycles. The van der Waals surface area contributed by atoms with Crippen LogP contribution >= 0.6 is 0 Å². The first-order chi connectivity index (χ1) is 13.0. The lowest BCUT2D eigenvalue weighted by Crippen LogP contribution is -2.42. The molecule has 0 bridgehead atoms. The molecular weight excluding hydrogens is 350 g/mol. The Labute approximate surface area is 159 Å². The van der Waals surface area contributed by atoms with Gasteiger partial charge in [0.2, 0.25) is 5.91 Å². The molecule has 4 rings (SSSR count). The fraction of sp³-hybridized carbons (Fsp3) is 0.667. The molecular formula is C21H28F2N2O2. The Kier molecular flexibility index (Phi) is 5.46. The fourth-order valence-corrected chi connectivity index (χ4v) is 4.81. The number of piperidine rings is 1. The first kappa shape index (κ1) is 18.8. The minimum Gasteiger partial charge on any atom is -0.381 e. The highest BCUT2D eigenvalue weighted by atomic mass is 19.1. The topological polar surface area (TPSA) is 32.8 Å². The molecule has 3 fully saturated rings. The van der Waals surface area contributed by atoms with E-state index >= 15 is 0 Å². The van der Waals surface area contributed by atoms with Gasteiger partial charge in [-0.05, 0) is 74.3 Å². The van der Waals surface area contributed by atoms with Crippen LogP contribution in [0.15, 0.2) is 18.2 Å². The Bertz CT molecular complexity index is 663. The monoisotopic (exact) mass is 378 g/mol. The summed E-state index contributed by atoms with van der Waals surface area (Å²) in [4.78, 5) is 16.8. The van der Waals surface area contributed by atoms with Crippen LogP contribution in [0.1, 0.15) is 37.7 Å². The van der Waals surface area contributed by atoms with Gasteiger partial charge in [0.15, 0.2) is 0 Å². The van der Waals surface area contributed by atoms with Gasteiger partial charge in [-0.15, -0.1) is 0 Å². The number of hydrogen-bond donors (Lipinski definition) is 0. The summed E-state index contributed by atoms with van der Waals surface area (Å²) in [5.74, 6) is -0.369. The summed E-state index contributed by atoms with van der Waals surface area (Å²) in [6, 6.07) is 3.50. The van der Waals surface area contributed by atoms with Crippen LogP contribution in [0, 0.1) is 23.0 Å². The molecule has 1 aromatic rings. The lowest BCUT2D eigenvalue weighted by Gasteiger charge is -2.39. The van der Waals surface area contributed by atoms with E-state index < -0.39 is 11.6 Å². The van der Waals surface area contributed by atoms with Crippen LogP contribution in [0.2, 0.25) is 0 Å². The number of likely N-dealkylation sites (tertiary alicyclic amines) is 2. The van der Waals surface area contributed by atoms with Gasteiger partial charge < -0.3 is 14.5 Å². The van der Waals surface area contributed by atoms with E-state index in [4.69, 9.17) is 4.74 Å². The Morgan fingerprint density at radius 3 is 2.56 bits per heavy atom. The van der Waals surface area contributed by atoms with Crippen LogP contribution in [0.25, 0.3) is 0 Å². The van der Waals surface area contributed by atoms with Crippen molar-refractivity contribution in [1.29, 1.82) is 0 Å². The average molecular weight is 378 g/mol. The molecule has 3 aliphatic rings. The molecule has 3 saturated heterocycles. The molecule has 0 saturated carbocycles. The maximum atomic E-state index is 13.4. The number of carbonyl (C=O) groups is 1. The lowest BCUT2D eigenvalue weighted by molar-refractivity contribution is -0.128. The zero-order chi connectivity index (χ0) is 18.9. The van der Waals surface area contributed by atoms with Crippen LogP contribution in [-0.4, -0.2) is 55.1 Å². The number of carbonyl (C=O) groups excluding carboxylic acids is 1. The maximum Gasteiger partial charge on any atom is 0.223 e. The van der Waals surface area contributed by atoms with Crippen LogP contribution in [0.4, 0.5) is 8.78 Å². The lowest BCUT2D eigenvalue weighted by atomic mass is 9.77. The fourth-order valence-electron chi connectivity index (χ4n) is 4.81. The number of rotatable bonds is 5. The molecule has 0 radical (unpaired) electrons. The minimum absolute atomic E-state index is 0.0376. The van der Waals surface area contributed by atoms with Gasteiger partial charge in [-0.25, -0.2) is 8.78 Å². The molecule has 0 aliphatic carbocycles. The Hall–Kier alpha value is -1.53. The number of hydrogen-bond acceptors (Lipinski definition) is 3. The number of halogens is 2. The third-order valence-electron chi connectivity index (χ3n) is 6.50. The number of ether oxygens (including phenoxy) is 1. The molecule has 1 atom stereocenters. The summed E-state index contributed by atoms with van der Waals surface area (Å²) in [5.41, 5.74) is 0.560. The van der Waals surface area contributed by atoms with Crippen molar-refractivity contribution in [2.45, 2.75) is 38.6 Å². The van der Waals surface area contributed by atoms with Crippen molar-refractivity contribution < 1.29 is 18.3 Å². The van der Waals surface area contributed by atoms with E-state index in [-0.39, 0.29) is 11.3 Å². The van der Waals surface area contributed by atoms with Crippen molar-refractivity contribution in [3.05, 3.63) is 35.4 Å². The molecule has 0 N–H and O–H groups in total. The molecule has 1 amide bonds. The predicted octanol–water partition coefficient (Wildman–Crippen LogP) is 3.21. The van der Waals surface area contributed by atoms with Crippen molar-refractivity contribution in [3.63, 3.8) is 0 Å². The van der Waals surface area contributed by atoms with E-state index in [0.29, 0.717) is 31.0 Å². The van der Waals surface area contributed by atoms with Gasteiger partial charge in [0.05, 0.1) is 0 Å². The third kappa shape index (κ3) is 4.49. The van der Waals surface area contributed by atoms with Crippen LogP contribution < -0.4 is 0 Å². The second-order valence-corrected chi connectivity index (χ2v) is 8.56. The third-order valence-corrected chi connectivity index (χ3v) is 6.50. The number of amides is 1. The van der Waals surface area contributed by atoms with Gasteiger partial charge in [0.1, 0.15) is 11.6 Å². The molecule has 0 unspecified atom stereocenters. The van der Waals surface area contributed by atoms with E-state index in [2.05, 4.69) is 4.90 Å². The molecule has 1 aromatic carbocycles. The Balaban J connectivity index is 1.29. The molecule has 4 nitrogen and oxygen atoms in total. The van der Waals surface area contributed by atoms with Crippen molar-refractivity contribution in [2.75, 3.05) is 39.4 Å². The highest BCUT2D eigenvalue weighted by Gasteiger charge is 2.44. The van der Waals surface area contributed by atoms with Gasteiger partial charge in [0.25, 0.3) is 0 Å². The standard InChI is InChI=1S/C21H28F2N2O2/c22-18-9-17(10-19(23)11-18)13-25-15-21(12-20(25)26)3-6-24(7-4-21)5-1-16-2-8-27-14-16/h9-11,16H,1-8,12-15H2/t16-/m0/s1. The minimum atomic E-state index is -0.590. The predicted molar refractivity (Wildman–Crippen MR) is 98.0 cm³/mol. The SMILES string of the molecule is O=C1CC2(CCN(CC[C@H]3CCOC3)CC2)CN1Cc1cc(F)cc(F)c1. The summed E-state index contributed by atoms with van der Waals surface area (Å²) < 4.78 is 32.3. The van der Waals surface area contributed by atoms with Gasteiger partial charge >= 0.3 is 0 Å². The molecule has 3 heterocycles. The average Bonchev–Trinajstić information content (AvgIpc) is 3.23. The molecule has 27 heavy (non-hydrogen) atoms. The Morgan fingerprint density at radius 2 is 1.89 bits per heavy atom. The van der Waals surface area contributed by atoms with Gasteiger partial charge in [-0.1, -0.05) is 0 Å². The summed E-state index contributed by atoms with van der Waals surface area (Å²) in [6.07, 6.45) is 4.99. The second kappa shape index (κ2) is 7.84. The summed E-state index contributed by atoms with van der Waals surface area (Å²) >= 11 is 0. The highest BCUT2D eigenvalue weighted by Crippen LogP contribution is 2.41. The van der Waals surface area contributed by atoms with Gasteiger partial charge in [-0.2, -0.15) is 0 Å². The first-order valence-electron chi connectivity index (χ1n) is 10.0. The zero-order valence-corrected chi connectivity index (χ0v) is 15.8. The van der Waals surface area contributed by atoms with E-state index in [1.807, 2.05) is 0 Å². The maximum absolute atomic E-state index is 13.4.